The van der Waals surface area contributed by atoms with Crippen LogP contribution in [0, 0.1) is 0 Å². The van der Waals surface area contributed by atoms with Crippen molar-refractivity contribution in [2.75, 3.05) is 51.9 Å². The number of aliphatic hydroxyl groups is 9. The Bertz CT molecular complexity index is 2270. The predicted molar refractivity (Wildman–Crippen MR) is 262 cm³/mol. The first kappa shape index (κ1) is 59.2. The number of nitrogens with one attached hydrogen (secondary N) is 5. The summed E-state index contributed by atoms with van der Waals surface area (Å²) in [7, 11) is 0. The molecule has 0 radical (unpaired) electrons. The van der Waals surface area contributed by atoms with Crippen LogP contribution in [0.1, 0.15) is 62.4 Å². The molecule has 0 aliphatic carbocycles. The molecule has 0 bridgehead atoms. The molecule has 28 heteroatoms. The minimum absolute atomic E-state index is 0.0442. The smallest absolute Gasteiger partial charge is 0.315 e. The molecule has 1 aromatic carbocycles. The summed E-state index contributed by atoms with van der Waals surface area (Å²) in [6.07, 6.45) is -20.3. The summed E-state index contributed by atoms with van der Waals surface area (Å²) in [5.74, 6) is -0.407. The molecular weight excluding hydrogens is 1030 g/mol. The number of ketones is 1. The van der Waals surface area contributed by atoms with Crippen molar-refractivity contribution in [1.29, 1.82) is 0 Å². The summed E-state index contributed by atoms with van der Waals surface area (Å²) in [5.41, 5.74) is 0.501. The lowest BCUT2D eigenvalue weighted by molar-refractivity contribution is -0.376. The lowest BCUT2D eigenvalue weighted by Gasteiger charge is -2.48. The molecule has 0 spiro atoms. The molecule has 76 heavy (non-hydrogen) atoms. The Morgan fingerprint density at radius 3 is 2.16 bits per heavy atom. The number of unbranched alkanes of at least 4 members (excludes halogenated alkanes) is 2. The number of hydrogen-bond donors (Lipinski definition) is 14. The number of thioether (sulfide) groups is 1. The van der Waals surface area contributed by atoms with Crippen molar-refractivity contribution in [3.05, 3.63) is 36.0 Å². The summed E-state index contributed by atoms with van der Waals surface area (Å²) in [6, 6.07) is 7.19. The van der Waals surface area contributed by atoms with Crippen LogP contribution < -0.4 is 31.3 Å². The second kappa shape index (κ2) is 27.9. The number of fused-ring (bicyclic) bond motifs is 2. The number of amides is 5. The van der Waals surface area contributed by atoms with Crippen LogP contribution in [0.4, 0.5) is 4.79 Å². The second-order valence-corrected chi connectivity index (χ2v) is 20.5. The zero-order chi connectivity index (χ0) is 54.6. The molecule has 0 saturated carbocycles. The number of carbonyl (C=O) groups excluding carboxylic acids is 5. The van der Waals surface area contributed by atoms with Crippen molar-refractivity contribution in [3.8, 4) is 5.75 Å². The Kier molecular flexibility index (Phi) is 21.7. The van der Waals surface area contributed by atoms with Crippen LogP contribution >= 0.6 is 11.8 Å². The second-order valence-electron chi connectivity index (χ2n) is 19.2. The van der Waals surface area contributed by atoms with E-state index in [1.54, 1.807) is 24.3 Å². The van der Waals surface area contributed by atoms with Gasteiger partial charge in [-0.05, 0) is 37.8 Å². The average Bonchev–Trinajstić information content (AvgIpc) is 3.98. The Balaban J connectivity index is 0.846. The highest BCUT2D eigenvalue weighted by atomic mass is 32.2. The van der Waals surface area contributed by atoms with E-state index in [9.17, 15) is 69.9 Å². The number of carbonyl (C=O) groups is 5. The van der Waals surface area contributed by atoms with Gasteiger partial charge in [-0.15, -0.1) is 0 Å². The van der Waals surface area contributed by atoms with E-state index in [-0.39, 0.29) is 80.4 Å². The maximum absolute atomic E-state index is 13.2. The molecule has 6 heterocycles. The number of benzene rings is 1. The first-order valence-corrected chi connectivity index (χ1v) is 26.4. The maximum Gasteiger partial charge on any atom is 0.315 e. The molecule has 5 amide bonds. The number of aromatic nitrogens is 1. The van der Waals surface area contributed by atoms with Gasteiger partial charge in [-0.1, -0.05) is 18.6 Å². The van der Waals surface area contributed by atoms with Gasteiger partial charge in [-0.2, -0.15) is 11.8 Å². The molecule has 6 unspecified atom stereocenters. The molecule has 27 nitrogen and oxygen atoms in total. The van der Waals surface area contributed by atoms with Crippen LogP contribution in [0.5, 0.6) is 5.75 Å². The van der Waals surface area contributed by atoms with Crippen LogP contribution in [0.2, 0.25) is 0 Å². The lowest BCUT2D eigenvalue weighted by atomic mass is 9.95. The van der Waals surface area contributed by atoms with Gasteiger partial charge in [0.05, 0.1) is 37.4 Å². The van der Waals surface area contributed by atoms with E-state index >= 15 is 0 Å². The van der Waals surface area contributed by atoms with Crippen molar-refractivity contribution in [1.82, 2.24) is 31.6 Å². The van der Waals surface area contributed by atoms with E-state index in [2.05, 4.69) is 31.6 Å². The van der Waals surface area contributed by atoms with Gasteiger partial charge >= 0.3 is 6.03 Å². The molecule has 14 N–H and O–H groups in total. The molecule has 5 aliphatic heterocycles. The normalized spacial score (nSPS) is 34.2. The fourth-order valence-electron chi connectivity index (χ4n) is 9.65. The van der Waals surface area contributed by atoms with Gasteiger partial charge in [0.1, 0.15) is 91.2 Å². The van der Waals surface area contributed by atoms with E-state index in [0.29, 0.717) is 35.4 Å². The fourth-order valence-corrected chi connectivity index (χ4v) is 11.2. The topological polar surface area (TPSA) is 405 Å². The maximum atomic E-state index is 13.2. The van der Waals surface area contributed by atoms with Gasteiger partial charge in [0, 0.05) is 61.9 Å². The van der Waals surface area contributed by atoms with Gasteiger partial charge in [0.25, 0.3) is 5.91 Å². The minimum atomic E-state index is -1.98. The van der Waals surface area contributed by atoms with Crippen molar-refractivity contribution < 1.29 is 103 Å². The zero-order valence-corrected chi connectivity index (χ0v) is 42.5. The highest BCUT2D eigenvalue weighted by Crippen LogP contribution is 2.35. The molecule has 5 fully saturated rings. The van der Waals surface area contributed by atoms with Gasteiger partial charge < -0.3 is 106 Å². The molecule has 2 aromatic rings. The highest BCUT2D eigenvalue weighted by molar-refractivity contribution is 8.00. The fraction of sp³-hybridized carbons (Fsp3) is 0.708. The number of Topliss-reactive ketones (excluding diaryl/α,β-unsaturated/α-hetero) is 1. The summed E-state index contributed by atoms with van der Waals surface area (Å²) in [5, 5.41) is 110. The number of para-hydroxylation sites is 1. The molecule has 18 atom stereocenters. The highest BCUT2D eigenvalue weighted by Gasteiger charge is 2.54. The van der Waals surface area contributed by atoms with Crippen LogP contribution in [-0.2, 0) is 42.8 Å². The van der Waals surface area contributed by atoms with Crippen LogP contribution in [-0.4, -0.2) is 242 Å². The lowest BCUT2D eigenvalue weighted by Crippen LogP contribution is -2.68. The number of nitrogens with zero attached hydrogens (tertiary/aromatic N) is 1. The summed E-state index contributed by atoms with van der Waals surface area (Å²) < 4.78 is 40.2. The summed E-state index contributed by atoms with van der Waals surface area (Å²) in [4.78, 5) is 67.1. The molecule has 1 aromatic heterocycles. The SMILES string of the molecule is CC(=O)NC1[C@H](OCCCCC(=O)COc2cc(C(=O)NCCNC(=O)CCCC[C@@H]3SC[C@@H]4NC(=O)N[C@@H]43)nc3ccccc23)OC(CO)[C@@H](O[C@@H]2OC(CO)[C@H](O)[C@H](O[C@H]3OC(CO)[C@H](O)C(O)[C@@H]3O)C2O)[C@@H]1O. The van der Waals surface area contributed by atoms with Gasteiger partial charge in [0.2, 0.25) is 11.8 Å². The van der Waals surface area contributed by atoms with Crippen LogP contribution in [0.25, 0.3) is 10.9 Å². The third kappa shape index (κ3) is 14.8. The van der Waals surface area contributed by atoms with Crippen molar-refractivity contribution in [3.63, 3.8) is 0 Å². The Morgan fingerprint density at radius 1 is 0.750 bits per heavy atom. The quantitative estimate of drug-likeness (QED) is 0.0312. The number of rotatable bonds is 26. The molecule has 5 saturated heterocycles. The number of urea groups is 1. The van der Waals surface area contributed by atoms with Gasteiger partial charge in [-0.3, -0.25) is 19.2 Å². The van der Waals surface area contributed by atoms with E-state index in [1.807, 2.05) is 11.8 Å². The first-order chi connectivity index (χ1) is 36.5. The number of pyridine rings is 1. The summed E-state index contributed by atoms with van der Waals surface area (Å²) in [6.45, 7) is -1.35. The minimum Gasteiger partial charge on any atom is -0.485 e. The van der Waals surface area contributed by atoms with E-state index in [1.165, 1.54) is 6.07 Å². The van der Waals surface area contributed by atoms with E-state index in [0.717, 1.165) is 25.5 Å². The van der Waals surface area contributed by atoms with Crippen molar-refractivity contribution in [2.45, 2.75) is 161 Å². The third-order valence-electron chi connectivity index (χ3n) is 13.7. The zero-order valence-electron chi connectivity index (χ0n) is 41.7. The first-order valence-electron chi connectivity index (χ1n) is 25.4. The standard InChI is InChI=1S/C48H70N6O21S/c1-22(58)51-35-38(63)42(74-47-41(66)43(37(62)30(18-56)72-47)75-46-40(65)39(64)36(61)29(17-55)71-46)31(19-57)73-45(35)69-15-7-6-8-23(59)20-70-28-16-26(52-25-10-3-2-9-24(25)28)44(67)50-14-13-49-33(60)12-5-4-11-32-34-27(21-76-32)53-48(68)54-34/h2-3,9-10,16,27,29-32,34-43,45-47,55-57,61-66H,4-8,11-15,17-21H2,1H3,(H,49,60)(H,50,67)(H,51,58)(H2,53,54,68)/t27-,29?,30?,31?,32-,34-,35?,36-,37-,38+,39?,40-,41?,42+,43-,45+,46+,47-/m0/s1. The summed E-state index contributed by atoms with van der Waals surface area (Å²) >= 11 is 1.83. The van der Waals surface area contributed by atoms with Gasteiger partial charge in [-0.25, -0.2) is 9.78 Å². The van der Waals surface area contributed by atoms with Crippen LogP contribution in [0.15, 0.2) is 30.3 Å². The number of ether oxygens (including phenoxy) is 7. The Labute approximate surface area is 440 Å². The molecule has 424 valence electrons. The molecule has 7 rings (SSSR count). The van der Waals surface area contributed by atoms with Crippen molar-refractivity contribution >= 4 is 52.2 Å². The molecular formula is C48H70N6O21S. The monoisotopic (exact) mass is 1100 g/mol. The van der Waals surface area contributed by atoms with Crippen LogP contribution in [0.3, 0.4) is 0 Å². The van der Waals surface area contributed by atoms with E-state index < -0.39 is 124 Å². The molecule has 5 aliphatic rings. The predicted octanol–water partition coefficient (Wildman–Crippen LogP) is -4.47. The van der Waals surface area contributed by atoms with E-state index in [4.69, 9.17) is 33.2 Å². The Hall–Kier alpha value is -4.47. The largest absolute Gasteiger partial charge is 0.485 e. The average molecular weight is 1100 g/mol. The Morgan fingerprint density at radius 2 is 1.42 bits per heavy atom. The number of hydrogen-bond acceptors (Lipinski definition) is 23. The van der Waals surface area contributed by atoms with Crippen molar-refractivity contribution in [2.24, 2.45) is 0 Å². The third-order valence-corrected chi connectivity index (χ3v) is 15.2. The van der Waals surface area contributed by atoms with Gasteiger partial charge in [0.15, 0.2) is 24.7 Å². The number of aliphatic hydroxyl groups excluding tert-OH is 9.